The van der Waals surface area contributed by atoms with Crippen molar-refractivity contribution in [2.24, 2.45) is 10.2 Å². The first kappa shape index (κ1) is 45.7. The summed E-state index contributed by atoms with van der Waals surface area (Å²) in [4.78, 5) is 55.8. The molecular formula is C46H41N13O5S5. The smallest absolute Gasteiger partial charge is 0.303 e. The molecule has 2 aliphatic heterocycles. The molecule has 0 saturated heterocycles. The summed E-state index contributed by atoms with van der Waals surface area (Å²) < 4.78 is 30.9. The quantitative estimate of drug-likeness (QED) is 0.0503. The van der Waals surface area contributed by atoms with Gasteiger partial charge in [-0.1, -0.05) is 66.3 Å². The van der Waals surface area contributed by atoms with E-state index in [-0.39, 0.29) is 21.7 Å². The first-order chi connectivity index (χ1) is 33.6. The number of carbonyl (C=O) groups excluding carboxylic acids is 3. The van der Waals surface area contributed by atoms with Gasteiger partial charge in [0.1, 0.15) is 9.92 Å². The molecule has 0 bridgehead atoms. The number of nitrogens with zero attached hydrogens (tertiary/aromatic N) is 9. The Morgan fingerprint density at radius 2 is 1.70 bits per heavy atom. The number of aryl methyl sites for hydroxylation is 1. The maximum Gasteiger partial charge on any atom is 0.303 e. The van der Waals surface area contributed by atoms with Crippen molar-refractivity contribution < 1.29 is 22.8 Å². The summed E-state index contributed by atoms with van der Waals surface area (Å²) in [6.07, 6.45) is 5.27. The van der Waals surface area contributed by atoms with Crippen molar-refractivity contribution in [2.75, 3.05) is 40.1 Å². The number of thiophene rings is 1. The van der Waals surface area contributed by atoms with Crippen molar-refractivity contribution in [2.45, 2.75) is 43.0 Å². The first-order valence-electron chi connectivity index (χ1n) is 21.8. The predicted octanol–water partition coefficient (Wildman–Crippen LogP) is 8.21. The number of hydrazone groups is 2. The van der Waals surface area contributed by atoms with Gasteiger partial charge in [0.2, 0.25) is 10.3 Å². The van der Waals surface area contributed by atoms with Crippen LogP contribution < -0.4 is 25.8 Å². The van der Waals surface area contributed by atoms with Crippen LogP contribution in [-0.2, 0) is 27.9 Å². The van der Waals surface area contributed by atoms with Gasteiger partial charge >= 0.3 is 5.91 Å². The number of benzene rings is 3. The molecule has 350 valence electrons. The van der Waals surface area contributed by atoms with Crippen molar-refractivity contribution in [3.05, 3.63) is 136 Å². The van der Waals surface area contributed by atoms with Crippen molar-refractivity contribution in [3.63, 3.8) is 0 Å². The second kappa shape index (κ2) is 20.3. The van der Waals surface area contributed by atoms with Crippen molar-refractivity contribution in [1.82, 2.24) is 34.9 Å². The molecule has 7 heterocycles. The highest BCUT2D eigenvalue weighted by Crippen LogP contribution is 2.32. The van der Waals surface area contributed by atoms with E-state index in [9.17, 15) is 22.8 Å². The van der Waals surface area contributed by atoms with Gasteiger partial charge in [-0.2, -0.15) is 20.3 Å². The number of anilines is 4. The van der Waals surface area contributed by atoms with Gasteiger partial charge in [-0.3, -0.25) is 39.4 Å². The first-order valence-corrected chi connectivity index (χ1v) is 26.7. The molecule has 0 fully saturated rings. The normalized spacial score (nSPS) is 14.7. The fourth-order valence-corrected chi connectivity index (χ4v) is 11.9. The van der Waals surface area contributed by atoms with Gasteiger partial charge in [0.05, 0.1) is 27.3 Å². The number of hydrogen-bond donors (Lipinski definition) is 4. The van der Waals surface area contributed by atoms with E-state index in [1.54, 1.807) is 54.0 Å². The summed E-state index contributed by atoms with van der Waals surface area (Å²) >= 11 is 5.05. The summed E-state index contributed by atoms with van der Waals surface area (Å²) in [6, 6.07) is 26.7. The van der Waals surface area contributed by atoms with Crippen LogP contribution in [0.5, 0.6) is 0 Å². The summed E-state index contributed by atoms with van der Waals surface area (Å²) in [5, 5.41) is 27.5. The zero-order valence-electron chi connectivity index (χ0n) is 36.4. The Bertz CT molecular complexity index is 3310. The lowest BCUT2D eigenvalue weighted by atomic mass is 10.1. The number of unbranched alkanes of at least 4 members (excludes halogenated alkanes) is 2. The topological polar surface area (TPSA) is 221 Å². The summed E-state index contributed by atoms with van der Waals surface area (Å²) in [5.41, 5.74) is 8.48. The molecule has 23 heteroatoms. The molecule has 3 aromatic carbocycles. The van der Waals surface area contributed by atoms with E-state index >= 15 is 0 Å². The molecular weight excluding hydrogens is 975 g/mol. The zero-order valence-corrected chi connectivity index (χ0v) is 40.5. The predicted molar refractivity (Wildman–Crippen MR) is 272 cm³/mol. The highest BCUT2D eigenvalue weighted by molar-refractivity contribution is 7.94. The van der Waals surface area contributed by atoms with Crippen LogP contribution in [0.15, 0.2) is 128 Å². The van der Waals surface area contributed by atoms with Crippen LogP contribution in [0.2, 0.25) is 0 Å². The Hall–Kier alpha value is -7.02. The average Bonchev–Trinajstić information content (AvgIpc) is 4.23. The summed E-state index contributed by atoms with van der Waals surface area (Å²) in [6.45, 7) is 3.71. The van der Waals surface area contributed by atoms with E-state index in [0.29, 0.717) is 68.9 Å². The highest BCUT2D eigenvalue weighted by atomic mass is 32.2. The van der Waals surface area contributed by atoms with Crippen molar-refractivity contribution >= 4 is 116 Å². The number of amides is 3. The van der Waals surface area contributed by atoms with Gasteiger partial charge in [0.25, 0.3) is 21.8 Å². The monoisotopic (exact) mass is 1020 g/mol. The lowest BCUT2D eigenvalue weighted by Gasteiger charge is -2.19. The second-order valence-corrected chi connectivity index (χ2v) is 21.4. The van der Waals surface area contributed by atoms with Crippen LogP contribution in [0.3, 0.4) is 0 Å². The Kier molecular flexibility index (Phi) is 13.5. The highest BCUT2D eigenvalue weighted by Gasteiger charge is 2.36. The number of nitrogens with one attached hydrogen (secondary N) is 4. The summed E-state index contributed by atoms with van der Waals surface area (Å²) in [5.74, 6) is -0.933. The number of aromatic nitrogens is 5. The molecule has 5 aromatic heterocycles. The molecule has 8 aromatic rings. The van der Waals surface area contributed by atoms with E-state index in [4.69, 9.17) is 4.98 Å². The third kappa shape index (κ3) is 10.5. The molecule has 10 rings (SSSR count). The zero-order chi connectivity index (χ0) is 47.3. The molecule has 0 spiro atoms. The fourth-order valence-electron chi connectivity index (χ4n) is 7.68. The van der Waals surface area contributed by atoms with E-state index in [1.807, 2.05) is 64.0 Å². The van der Waals surface area contributed by atoms with Crippen LogP contribution in [0, 0.1) is 0 Å². The number of carbonyl (C=O) groups is 3. The Balaban J connectivity index is 0.671. The van der Waals surface area contributed by atoms with Crippen LogP contribution in [0.4, 0.5) is 21.1 Å². The number of rotatable bonds is 17. The molecule has 0 saturated carbocycles. The largest absolute Gasteiger partial charge is 0.352 e. The standard InChI is InChI=1S/C46H41N13O5S5/c60-41(31-14-12-29(13-15-31)36-28-67-46(50-36)59-43(62)40(52-53-44-48-19-24-66-44)39(55-59)30-9-3-1-4-10-30)47-18-5-2-6-20-57-21-8-22-58-33(27-57)26-35(54-58)42(61)51-45-49-34-17-16-32(25-37(34)68-45)56-69(63,64)38-11-7-23-65-38/h1,3-4,7,9-17,19,23-26,28,56H,2,5-6,8,18,20-22,27H2,(H,47,60)(H,48,53)(H,49,51,61)/b52-40+. The maximum atomic E-state index is 13.6. The maximum absolute atomic E-state index is 13.6. The van der Waals surface area contributed by atoms with E-state index in [0.717, 1.165) is 71.6 Å². The minimum Gasteiger partial charge on any atom is -0.352 e. The number of fused-ring (bicyclic) bond motifs is 2. The molecule has 0 aliphatic carbocycles. The molecule has 2 aliphatic rings. The van der Waals surface area contributed by atoms with Crippen LogP contribution in [0.1, 0.15) is 57.8 Å². The Morgan fingerprint density at radius 1 is 0.826 bits per heavy atom. The van der Waals surface area contributed by atoms with Gasteiger partial charge in [-0.05, 0) is 73.7 Å². The van der Waals surface area contributed by atoms with E-state index < -0.39 is 15.9 Å². The molecule has 4 N–H and O–H groups in total. The molecule has 0 radical (unpaired) electrons. The average molecular weight is 1020 g/mol. The number of hydrogen-bond acceptors (Lipinski definition) is 17. The minimum absolute atomic E-state index is 0.151. The molecule has 69 heavy (non-hydrogen) atoms. The van der Waals surface area contributed by atoms with Gasteiger partial charge in [-0.25, -0.2) is 23.4 Å². The molecule has 0 unspecified atom stereocenters. The van der Waals surface area contributed by atoms with Crippen LogP contribution >= 0.6 is 45.3 Å². The number of sulfonamides is 1. The number of thiazole rings is 3. The molecule has 0 atom stereocenters. The third-order valence-electron chi connectivity index (χ3n) is 11.1. The lowest BCUT2D eigenvalue weighted by molar-refractivity contribution is -0.112. The van der Waals surface area contributed by atoms with Gasteiger partial charge < -0.3 is 5.32 Å². The van der Waals surface area contributed by atoms with Crippen molar-refractivity contribution in [3.8, 4) is 11.3 Å². The molecule has 3 amide bonds. The van der Waals surface area contributed by atoms with Crippen LogP contribution in [0.25, 0.3) is 21.5 Å². The van der Waals surface area contributed by atoms with E-state index in [2.05, 4.69) is 51.0 Å². The Morgan fingerprint density at radius 3 is 2.51 bits per heavy atom. The summed E-state index contributed by atoms with van der Waals surface area (Å²) in [7, 11) is -3.69. The van der Waals surface area contributed by atoms with Gasteiger partial charge in [0, 0.05) is 59.8 Å². The lowest BCUT2D eigenvalue weighted by Crippen LogP contribution is -2.28. The van der Waals surface area contributed by atoms with Crippen LogP contribution in [-0.4, -0.2) is 86.8 Å². The molecule has 18 nitrogen and oxygen atoms in total. The van der Waals surface area contributed by atoms with E-state index in [1.165, 1.54) is 39.0 Å². The third-order valence-corrected chi connectivity index (χ3v) is 16.3. The second-order valence-electron chi connectivity index (χ2n) is 15.8. The van der Waals surface area contributed by atoms with Gasteiger partial charge in [0.15, 0.2) is 16.5 Å². The minimum atomic E-state index is -3.69. The van der Waals surface area contributed by atoms with Crippen molar-refractivity contribution in [1.29, 1.82) is 0 Å². The van der Waals surface area contributed by atoms with Gasteiger partial charge in [-0.15, -0.1) is 34.0 Å². The Labute approximate surface area is 411 Å². The fraction of sp³-hybridized carbons (Fsp3) is 0.196. The SMILES string of the molecule is O=C(NCCCCCN1CCCn2nc(C(=O)Nc3nc4ccc(NS(=O)(=O)c5cccs5)cc4s3)cc2C1)c1ccc(-c2csc(N3N=C(c4ccccc4)/C(=N\Nc4nccs4)C3=O)n2)cc1.